The average Bonchev–Trinajstić information content (AvgIpc) is 2.90. The highest BCUT2D eigenvalue weighted by molar-refractivity contribution is 8.00. The molecule has 4 nitrogen and oxygen atoms in total. The number of thioether (sulfide) groups is 1. The van der Waals surface area contributed by atoms with Gasteiger partial charge < -0.3 is 9.64 Å². The zero-order chi connectivity index (χ0) is 15.5. The van der Waals surface area contributed by atoms with Gasteiger partial charge in [0.25, 0.3) is 0 Å². The van der Waals surface area contributed by atoms with Gasteiger partial charge in [-0.25, -0.2) is 4.39 Å². The Bertz CT molecular complexity index is 554. The van der Waals surface area contributed by atoms with Gasteiger partial charge in [-0.2, -0.15) is 0 Å². The van der Waals surface area contributed by atoms with E-state index < -0.39 is 5.82 Å². The minimum absolute atomic E-state index is 0.0772. The number of ether oxygens (including phenoxy) is 1. The van der Waals surface area contributed by atoms with Gasteiger partial charge in [-0.3, -0.25) is 9.69 Å². The molecule has 2 aliphatic heterocycles. The van der Waals surface area contributed by atoms with Gasteiger partial charge in [0, 0.05) is 26.2 Å². The van der Waals surface area contributed by atoms with Crippen LogP contribution in [0.2, 0.25) is 5.02 Å². The lowest BCUT2D eigenvalue weighted by Gasteiger charge is -2.30. The summed E-state index contributed by atoms with van der Waals surface area (Å²) in [6.07, 6.45) is 0. The number of hydrogen-bond acceptors (Lipinski definition) is 4. The van der Waals surface area contributed by atoms with Crippen molar-refractivity contribution in [3.05, 3.63) is 34.6 Å². The molecule has 2 fully saturated rings. The molecular weight excluding hydrogens is 327 g/mol. The molecule has 7 heteroatoms. The van der Waals surface area contributed by atoms with E-state index in [1.165, 1.54) is 6.07 Å². The Hall–Kier alpha value is -0.820. The molecule has 1 aromatic carbocycles. The molecule has 22 heavy (non-hydrogen) atoms. The first-order chi connectivity index (χ1) is 10.6. The largest absolute Gasteiger partial charge is 0.379 e. The number of morpholine rings is 1. The molecule has 0 saturated carbocycles. The Kier molecular flexibility index (Phi) is 5.23. The third-order valence-electron chi connectivity index (χ3n) is 3.96. The molecule has 2 saturated heterocycles. The maximum atomic E-state index is 13.3. The van der Waals surface area contributed by atoms with Crippen molar-refractivity contribution in [2.45, 2.75) is 5.37 Å². The van der Waals surface area contributed by atoms with E-state index in [0.29, 0.717) is 12.3 Å². The number of amides is 1. The second-order valence-electron chi connectivity index (χ2n) is 5.38. The van der Waals surface area contributed by atoms with E-state index in [0.717, 1.165) is 38.4 Å². The van der Waals surface area contributed by atoms with E-state index in [2.05, 4.69) is 4.90 Å². The summed E-state index contributed by atoms with van der Waals surface area (Å²) < 4.78 is 18.6. The zero-order valence-corrected chi connectivity index (χ0v) is 13.7. The molecule has 0 aliphatic carbocycles. The summed E-state index contributed by atoms with van der Waals surface area (Å²) in [6.45, 7) is 4.82. The van der Waals surface area contributed by atoms with E-state index in [1.807, 2.05) is 4.90 Å². The molecule has 120 valence electrons. The summed E-state index contributed by atoms with van der Waals surface area (Å²) in [5.41, 5.74) is 0.879. The van der Waals surface area contributed by atoms with Crippen LogP contribution in [0, 0.1) is 5.82 Å². The van der Waals surface area contributed by atoms with Gasteiger partial charge >= 0.3 is 0 Å². The number of rotatable bonds is 4. The van der Waals surface area contributed by atoms with E-state index >= 15 is 0 Å². The standard InChI is InChI=1S/C15H18ClFN2O2S/c16-12-9-11(1-2-13(12)17)15-19(14(20)10-22-15)4-3-18-5-7-21-8-6-18/h1-2,9,15H,3-8,10H2. The summed E-state index contributed by atoms with van der Waals surface area (Å²) in [5, 5.41) is 0.0252. The molecule has 0 spiro atoms. The third kappa shape index (κ3) is 3.56. The lowest BCUT2D eigenvalue weighted by atomic mass is 10.2. The van der Waals surface area contributed by atoms with Crippen LogP contribution in [0.15, 0.2) is 18.2 Å². The monoisotopic (exact) mass is 344 g/mol. The molecule has 2 aliphatic rings. The van der Waals surface area contributed by atoms with Crippen LogP contribution in [-0.2, 0) is 9.53 Å². The van der Waals surface area contributed by atoms with Gasteiger partial charge in [0.1, 0.15) is 11.2 Å². The second-order valence-corrected chi connectivity index (χ2v) is 6.85. The first-order valence-electron chi connectivity index (χ1n) is 7.31. The highest BCUT2D eigenvalue weighted by Gasteiger charge is 2.33. The first kappa shape index (κ1) is 16.1. The summed E-state index contributed by atoms with van der Waals surface area (Å²) >= 11 is 7.43. The van der Waals surface area contributed by atoms with E-state index in [-0.39, 0.29) is 16.3 Å². The molecule has 1 unspecified atom stereocenters. The molecule has 3 rings (SSSR count). The fourth-order valence-electron chi connectivity index (χ4n) is 2.71. The van der Waals surface area contributed by atoms with Crippen LogP contribution >= 0.6 is 23.4 Å². The van der Waals surface area contributed by atoms with E-state index in [4.69, 9.17) is 16.3 Å². The number of halogens is 2. The Balaban J connectivity index is 1.67. The molecule has 1 amide bonds. The first-order valence-corrected chi connectivity index (χ1v) is 8.74. The van der Waals surface area contributed by atoms with Gasteiger partial charge in [-0.1, -0.05) is 17.7 Å². The molecule has 0 aromatic heterocycles. The topological polar surface area (TPSA) is 32.8 Å². The maximum absolute atomic E-state index is 13.3. The third-order valence-corrected chi connectivity index (χ3v) is 5.50. The normalized spacial score (nSPS) is 23.3. The Morgan fingerprint density at radius 3 is 2.82 bits per heavy atom. The number of carbonyl (C=O) groups excluding carboxylic acids is 1. The number of benzene rings is 1. The predicted octanol–water partition coefficient (Wildman–Crippen LogP) is 2.39. The SMILES string of the molecule is O=C1CSC(c2ccc(F)c(Cl)c2)N1CCN1CCOCC1. The van der Waals surface area contributed by atoms with E-state index in [9.17, 15) is 9.18 Å². The molecule has 0 radical (unpaired) electrons. The molecule has 2 heterocycles. The minimum atomic E-state index is -0.431. The molecule has 0 bridgehead atoms. The average molecular weight is 345 g/mol. The van der Waals surface area contributed by atoms with Crippen molar-refractivity contribution in [1.82, 2.24) is 9.80 Å². The summed E-state index contributed by atoms with van der Waals surface area (Å²) in [6, 6.07) is 4.69. The highest BCUT2D eigenvalue weighted by atomic mass is 35.5. The molecule has 1 aromatic rings. The predicted molar refractivity (Wildman–Crippen MR) is 85.6 cm³/mol. The van der Waals surface area contributed by atoms with E-state index in [1.54, 1.807) is 23.9 Å². The minimum Gasteiger partial charge on any atom is -0.379 e. The number of carbonyl (C=O) groups is 1. The van der Waals surface area contributed by atoms with Crippen molar-refractivity contribution < 1.29 is 13.9 Å². The molecular formula is C15H18ClFN2O2S. The summed E-state index contributed by atoms with van der Waals surface area (Å²) in [4.78, 5) is 16.3. The maximum Gasteiger partial charge on any atom is 0.233 e. The lowest BCUT2D eigenvalue weighted by Crippen LogP contribution is -2.42. The molecule has 1 atom stereocenters. The van der Waals surface area contributed by atoms with Gasteiger partial charge in [-0.15, -0.1) is 11.8 Å². The van der Waals surface area contributed by atoms with Gasteiger partial charge in [-0.05, 0) is 17.7 Å². The fraction of sp³-hybridized carbons (Fsp3) is 0.533. The van der Waals surface area contributed by atoms with Crippen molar-refractivity contribution in [2.75, 3.05) is 45.1 Å². The van der Waals surface area contributed by atoms with Crippen LogP contribution in [0.4, 0.5) is 4.39 Å². The summed E-state index contributed by atoms with van der Waals surface area (Å²) in [5.74, 6) is 0.159. The van der Waals surface area contributed by atoms with Crippen molar-refractivity contribution >= 4 is 29.3 Å². The van der Waals surface area contributed by atoms with Crippen LogP contribution in [0.5, 0.6) is 0 Å². The molecule has 0 N–H and O–H groups in total. The fourth-order valence-corrected chi connectivity index (χ4v) is 4.11. The smallest absolute Gasteiger partial charge is 0.233 e. The van der Waals surface area contributed by atoms with Crippen molar-refractivity contribution in [3.63, 3.8) is 0 Å². The van der Waals surface area contributed by atoms with Gasteiger partial charge in [0.15, 0.2) is 0 Å². The van der Waals surface area contributed by atoms with Gasteiger partial charge in [0.05, 0.1) is 24.0 Å². The number of nitrogens with zero attached hydrogens (tertiary/aromatic N) is 2. The second kappa shape index (κ2) is 7.17. The van der Waals surface area contributed by atoms with Crippen LogP contribution in [0.3, 0.4) is 0 Å². The van der Waals surface area contributed by atoms with Crippen molar-refractivity contribution in [3.8, 4) is 0 Å². The highest BCUT2D eigenvalue weighted by Crippen LogP contribution is 2.39. The van der Waals surface area contributed by atoms with Crippen LogP contribution in [0.25, 0.3) is 0 Å². The lowest BCUT2D eigenvalue weighted by molar-refractivity contribution is -0.128. The Labute approximate surface area is 138 Å². The van der Waals surface area contributed by atoms with Crippen molar-refractivity contribution in [1.29, 1.82) is 0 Å². The van der Waals surface area contributed by atoms with Crippen LogP contribution in [-0.4, -0.2) is 60.9 Å². The quantitative estimate of drug-likeness (QED) is 0.839. The Morgan fingerprint density at radius 1 is 1.32 bits per heavy atom. The summed E-state index contributed by atoms with van der Waals surface area (Å²) in [7, 11) is 0. The zero-order valence-electron chi connectivity index (χ0n) is 12.1. The van der Waals surface area contributed by atoms with Crippen LogP contribution < -0.4 is 0 Å². The number of hydrogen-bond donors (Lipinski definition) is 0. The van der Waals surface area contributed by atoms with Crippen molar-refractivity contribution in [2.24, 2.45) is 0 Å². The van der Waals surface area contributed by atoms with Crippen LogP contribution in [0.1, 0.15) is 10.9 Å². The van der Waals surface area contributed by atoms with Gasteiger partial charge in [0.2, 0.25) is 5.91 Å². The Morgan fingerprint density at radius 2 is 2.09 bits per heavy atom.